The number of hydrogen-bond donors (Lipinski definition) is 1. The third-order valence-electron chi connectivity index (χ3n) is 5.90. The van der Waals surface area contributed by atoms with Gasteiger partial charge in [0.05, 0.1) is 11.7 Å². The maximum atomic E-state index is 12.5. The summed E-state index contributed by atoms with van der Waals surface area (Å²) in [4.78, 5) is 17.0. The van der Waals surface area contributed by atoms with E-state index in [4.69, 9.17) is 9.52 Å². The molecule has 1 saturated carbocycles. The lowest BCUT2D eigenvalue weighted by atomic mass is 9.91. The van der Waals surface area contributed by atoms with Crippen LogP contribution in [0.2, 0.25) is 0 Å². The first-order valence-corrected chi connectivity index (χ1v) is 10.00. The van der Waals surface area contributed by atoms with E-state index in [0.717, 1.165) is 60.9 Å². The van der Waals surface area contributed by atoms with Gasteiger partial charge in [-0.2, -0.15) is 10.1 Å². The van der Waals surface area contributed by atoms with Crippen LogP contribution in [0.5, 0.6) is 0 Å². The minimum absolute atomic E-state index is 0.0611. The molecule has 6 nitrogen and oxygen atoms in total. The quantitative estimate of drug-likeness (QED) is 0.764. The van der Waals surface area contributed by atoms with Crippen molar-refractivity contribution in [3.05, 3.63) is 51.9 Å². The molecule has 3 aromatic rings. The first-order valence-electron chi connectivity index (χ1n) is 10.00. The molecule has 2 aliphatic carbocycles. The van der Waals surface area contributed by atoms with E-state index in [1.165, 1.54) is 12.8 Å². The predicted octanol–water partition coefficient (Wildman–Crippen LogP) is 3.86. The van der Waals surface area contributed by atoms with Gasteiger partial charge in [0.15, 0.2) is 5.58 Å². The number of para-hydroxylation sites is 2. The second kappa shape index (κ2) is 6.83. The summed E-state index contributed by atoms with van der Waals surface area (Å²) in [6.45, 7) is 0. The number of aromatic nitrogens is 3. The molecule has 1 fully saturated rings. The highest BCUT2D eigenvalue weighted by Gasteiger charge is 2.26. The van der Waals surface area contributed by atoms with Gasteiger partial charge in [0.25, 0.3) is 11.6 Å². The van der Waals surface area contributed by atoms with Crippen LogP contribution >= 0.6 is 0 Å². The van der Waals surface area contributed by atoms with E-state index in [0.29, 0.717) is 12.1 Å². The van der Waals surface area contributed by atoms with Crippen molar-refractivity contribution in [3.8, 4) is 0 Å². The van der Waals surface area contributed by atoms with Crippen LogP contribution in [0.25, 0.3) is 11.1 Å². The van der Waals surface area contributed by atoms with E-state index in [9.17, 15) is 4.79 Å². The molecule has 0 unspecified atom stereocenters. The van der Waals surface area contributed by atoms with E-state index in [1.807, 2.05) is 30.3 Å². The van der Waals surface area contributed by atoms with Gasteiger partial charge >= 0.3 is 0 Å². The van der Waals surface area contributed by atoms with Crippen LogP contribution in [-0.4, -0.2) is 20.8 Å². The van der Waals surface area contributed by atoms with Gasteiger partial charge in [0.1, 0.15) is 5.52 Å². The minimum atomic E-state index is 0.0611. The predicted molar refractivity (Wildman–Crippen MR) is 104 cm³/mol. The molecular formula is C21H24N4O2. The van der Waals surface area contributed by atoms with Gasteiger partial charge in [-0.25, -0.2) is 4.68 Å². The molecule has 0 aliphatic heterocycles. The molecule has 0 amide bonds. The van der Waals surface area contributed by atoms with E-state index in [2.05, 4.69) is 10.3 Å². The minimum Gasteiger partial charge on any atom is -0.424 e. The average Bonchev–Trinajstić information content (AvgIpc) is 3.10. The second-order valence-electron chi connectivity index (χ2n) is 7.74. The molecule has 0 spiro atoms. The zero-order valence-corrected chi connectivity index (χ0v) is 15.4. The molecule has 0 radical (unpaired) electrons. The standard InChI is InChI=1S/C21H24N4O2/c26-20-13-14-5-1-2-6-17(14)24-25(20)16-11-9-15(10-12-16)22-21-23-18-7-3-4-8-19(18)27-21/h3-4,7-8,13,15-16H,1-2,5-6,9-12H2,(H,22,23). The van der Waals surface area contributed by atoms with Gasteiger partial charge in [-0.1, -0.05) is 12.1 Å². The maximum absolute atomic E-state index is 12.5. The van der Waals surface area contributed by atoms with Crippen molar-refractivity contribution >= 4 is 17.1 Å². The Balaban J connectivity index is 1.27. The Morgan fingerprint density at radius 1 is 1.07 bits per heavy atom. The van der Waals surface area contributed by atoms with Crippen LogP contribution in [0.4, 0.5) is 6.01 Å². The molecule has 1 aromatic carbocycles. The fourth-order valence-electron chi connectivity index (χ4n) is 4.41. The number of hydrogen-bond acceptors (Lipinski definition) is 5. The van der Waals surface area contributed by atoms with Gasteiger partial charge in [0.2, 0.25) is 0 Å². The number of oxazole rings is 1. The Bertz CT molecular complexity index is 981. The molecule has 2 heterocycles. The molecule has 5 rings (SSSR count). The van der Waals surface area contributed by atoms with E-state index in [-0.39, 0.29) is 11.6 Å². The van der Waals surface area contributed by atoms with Crippen molar-refractivity contribution in [2.75, 3.05) is 5.32 Å². The highest BCUT2D eigenvalue weighted by atomic mass is 16.4. The van der Waals surface area contributed by atoms with E-state index in [1.54, 1.807) is 4.68 Å². The summed E-state index contributed by atoms with van der Waals surface area (Å²) in [5.74, 6) is 0. The first kappa shape index (κ1) is 16.5. The number of nitrogens with zero attached hydrogens (tertiary/aromatic N) is 3. The van der Waals surface area contributed by atoms with Crippen LogP contribution in [0.15, 0.2) is 39.5 Å². The average molecular weight is 364 g/mol. The molecule has 0 atom stereocenters. The summed E-state index contributed by atoms with van der Waals surface area (Å²) in [6.07, 6.45) is 8.21. The van der Waals surface area contributed by atoms with Crippen LogP contribution in [0, 0.1) is 0 Å². The molecule has 0 saturated heterocycles. The Hall–Kier alpha value is -2.63. The molecule has 2 aromatic heterocycles. The fraction of sp³-hybridized carbons (Fsp3) is 0.476. The molecule has 140 valence electrons. The lowest BCUT2D eigenvalue weighted by molar-refractivity contribution is 0.298. The number of aryl methyl sites for hydroxylation is 2. The van der Waals surface area contributed by atoms with Crippen molar-refractivity contribution in [1.82, 2.24) is 14.8 Å². The highest BCUT2D eigenvalue weighted by Crippen LogP contribution is 2.30. The number of rotatable bonds is 3. The third kappa shape index (κ3) is 3.24. The number of fused-ring (bicyclic) bond motifs is 2. The summed E-state index contributed by atoms with van der Waals surface area (Å²) in [5, 5.41) is 8.15. The van der Waals surface area contributed by atoms with Gasteiger partial charge in [0, 0.05) is 12.1 Å². The van der Waals surface area contributed by atoms with Gasteiger partial charge in [-0.05, 0) is 69.1 Å². The van der Waals surface area contributed by atoms with Crippen molar-refractivity contribution in [2.45, 2.75) is 63.5 Å². The Morgan fingerprint density at radius 2 is 1.89 bits per heavy atom. The number of benzene rings is 1. The largest absolute Gasteiger partial charge is 0.424 e. The van der Waals surface area contributed by atoms with Crippen molar-refractivity contribution in [3.63, 3.8) is 0 Å². The van der Waals surface area contributed by atoms with Gasteiger partial charge in [-0.3, -0.25) is 4.79 Å². The van der Waals surface area contributed by atoms with E-state index >= 15 is 0 Å². The Kier molecular flexibility index (Phi) is 4.19. The molecule has 2 aliphatic rings. The number of nitrogens with one attached hydrogen (secondary N) is 1. The number of anilines is 1. The van der Waals surface area contributed by atoms with Crippen LogP contribution in [0.3, 0.4) is 0 Å². The lowest BCUT2D eigenvalue weighted by Crippen LogP contribution is -2.34. The normalized spacial score (nSPS) is 22.5. The lowest BCUT2D eigenvalue weighted by Gasteiger charge is -2.29. The second-order valence-corrected chi connectivity index (χ2v) is 7.74. The Morgan fingerprint density at radius 3 is 2.74 bits per heavy atom. The molecule has 27 heavy (non-hydrogen) atoms. The Labute approximate surface area is 157 Å². The van der Waals surface area contributed by atoms with Crippen LogP contribution in [-0.2, 0) is 12.8 Å². The summed E-state index contributed by atoms with van der Waals surface area (Å²) >= 11 is 0. The zero-order chi connectivity index (χ0) is 18.2. The summed E-state index contributed by atoms with van der Waals surface area (Å²) in [5.41, 5.74) is 4.03. The maximum Gasteiger partial charge on any atom is 0.295 e. The third-order valence-corrected chi connectivity index (χ3v) is 5.90. The molecular weight excluding hydrogens is 340 g/mol. The van der Waals surface area contributed by atoms with Gasteiger partial charge in [-0.15, -0.1) is 0 Å². The summed E-state index contributed by atoms with van der Waals surface area (Å²) in [7, 11) is 0. The molecule has 0 bridgehead atoms. The zero-order valence-electron chi connectivity index (χ0n) is 15.4. The fourth-order valence-corrected chi connectivity index (χ4v) is 4.41. The first-order chi connectivity index (χ1) is 13.3. The van der Waals surface area contributed by atoms with Crippen LogP contribution in [0.1, 0.15) is 55.8 Å². The highest BCUT2D eigenvalue weighted by molar-refractivity contribution is 5.74. The van der Waals surface area contributed by atoms with Crippen LogP contribution < -0.4 is 10.9 Å². The smallest absolute Gasteiger partial charge is 0.295 e. The van der Waals surface area contributed by atoms with Crippen molar-refractivity contribution in [1.29, 1.82) is 0 Å². The van der Waals surface area contributed by atoms with E-state index < -0.39 is 0 Å². The molecule has 1 N–H and O–H groups in total. The van der Waals surface area contributed by atoms with Crippen molar-refractivity contribution < 1.29 is 4.42 Å². The molecule has 6 heteroatoms. The van der Waals surface area contributed by atoms with Crippen molar-refractivity contribution in [2.24, 2.45) is 0 Å². The summed E-state index contributed by atoms with van der Waals surface area (Å²) < 4.78 is 7.52. The summed E-state index contributed by atoms with van der Waals surface area (Å²) in [6, 6.07) is 10.7. The topological polar surface area (TPSA) is 73.0 Å². The van der Waals surface area contributed by atoms with Gasteiger partial charge < -0.3 is 9.73 Å². The monoisotopic (exact) mass is 364 g/mol. The SMILES string of the molecule is O=c1cc2c(nn1C1CCC(Nc3nc4ccccc4o3)CC1)CCCC2.